The largest absolute Gasteiger partial charge is 0.465 e. The molecule has 1 aliphatic rings. The standard InChI is InChI=1S/C16H18ClN3O4S2/c1-24-16(21)13-11-19(10-12-4-2-3-5-14(12)17)18-15(13)26(22,23)20-6-8-25-9-7-20/h2-5,11H,6-10H2,1H3. The van der Waals surface area contributed by atoms with E-state index in [1.807, 2.05) is 12.1 Å². The third kappa shape index (κ3) is 3.90. The van der Waals surface area contributed by atoms with Crippen LogP contribution in [-0.2, 0) is 21.3 Å². The smallest absolute Gasteiger partial charge is 0.342 e. The Bertz CT molecular complexity index is 908. The van der Waals surface area contributed by atoms with Gasteiger partial charge in [-0.3, -0.25) is 4.68 Å². The number of sulfonamides is 1. The van der Waals surface area contributed by atoms with E-state index in [-0.39, 0.29) is 17.1 Å². The molecule has 1 fully saturated rings. The Morgan fingerprint density at radius 2 is 2.00 bits per heavy atom. The van der Waals surface area contributed by atoms with Crippen molar-refractivity contribution in [3.8, 4) is 0 Å². The maximum absolute atomic E-state index is 13.0. The second kappa shape index (κ2) is 7.99. The molecule has 0 amide bonds. The molecule has 0 atom stereocenters. The number of rotatable bonds is 5. The zero-order chi connectivity index (χ0) is 18.7. The predicted octanol–water partition coefficient (Wildman–Crippen LogP) is 2.11. The van der Waals surface area contributed by atoms with Crippen LogP contribution in [0.5, 0.6) is 0 Å². The molecule has 0 saturated carbocycles. The van der Waals surface area contributed by atoms with Crippen LogP contribution in [0.25, 0.3) is 0 Å². The Labute approximate surface area is 161 Å². The van der Waals surface area contributed by atoms with Gasteiger partial charge in [-0.05, 0) is 11.6 Å². The van der Waals surface area contributed by atoms with Crippen LogP contribution in [0.1, 0.15) is 15.9 Å². The van der Waals surface area contributed by atoms with Crippen molar-refractivity contribution < 1.29 is 17.9 Å². The van der Waals surface area contributed by atoms with Crippen molar-refractivity contribution in [1.29, 1.82) is 0 Å². The number of halogens is 1. The van der Waals surface area contributed by atoms with Gasteiger partial charge in [0.05, 0.1) is 13.7 Å². The van der Waals surface area contributed by atoms with Crippen molar-refractivity contribution in [2.45, 2.75) is 11.6 Å². The zero-order valence-electron chi connectivity index (χ0n) is 14.1. The van der Waals surface area contributed by atoms with Crippen LogP contribution >= 0.6 is 23.4 Å². The molecule has 0 bridgehead atoms. The Morgan fingerprint density at radius 1 is 1.31 bits per heavy atom. The monoisotopic (exact) mass is 415 g/mol. The number of nitrogens with zero attached hydrogens (tertiary/aromatic N) is 3. The summed E-state index contributed by atoms with van der Waals surface area (Å²) in [6, 6.07) is 7.19. The highest BCUT2D eigenvalue weighted by Gasteiger charge is 2.34. The first-order chi connectivity index (χ1) is 12.4. The molecule has 1 aliphatic heterocycles. The molecule has 1 aromatic heterocycles. The van der Waals surface area contributed by atoms with Crippen LogP contribution in [0.2, 0.25) is 5.02 Å². The van der Waals surface area contributed by atoms with E-state index in [4.69, 9.17) is 16.3 Å². The first kappa shape index (κ1) is 19.2. The molecule has 0 aliphatic carbocycles. The van der Waals surface area contributed by atoms with Crippen molar-refractivity contribution >= 4 is 39.4 Å². The summed E-state index contributed by atoms with van der Waals surface area (Å²) < 4.78 is 33.4. The molecular formula is C16H18ClN3O4S2. The number of thioether (sulfide) groups is 1. The highest BCUT2D eigenvalue weighted by Crippen LogP contribution is 2.24. The van der Waals surface area contributed by atoms with Gasteiger partial charge in [-0.15, -0.1) is 0 Å². The van der Waals surface area contributed by atoms with E-state index < -0.39 is 16.0 Å². The van der Waals surface area contributed by atoms with E-state index in [0.717, 1.165) is 5.56 Å². The molecule has 10 heteroatoms. The number of benzene rings is 1. The average molecular weight is 416 g/mol. The van der Waals surface area contributed by atoms with Crippen LogP contribution in [0, 0.1) is 0 Å². The van der Waals surface area contributed by atoms with Crippen molar-refractivity contribution in [3.05, 3.63) is 46.6 Å². The van der Waals surface area contributed by atoms with E-state index in [0.29, 0.717) is 29.6 Å². The van der Waals surface area contributed by atoms with E-state index in [2.05, 4.69) is 5.10 Å². The minimum absolute atomic E-state index is 0.0715. The highest BCUT2D eigenvalue weighted by atomic mass is 35.5. The van der Waals surface area contributed by atoms with Crippen molar-refractivity contribution in [1.82, 2.24) is 14.1 Å². The lowest BCUT2D eigenvalue weighted by Crippen LogP contribution is -2.38. The highest BCUT2D eigenvalue weighted by molar-refractivity contribution is 7.99. The molecule has 1 saturated heterocycles. The van der Waals surface area contributed by atoms with Gasteiger partial charge in [0.2, 0.25) is 5.03 Å². The van der Waals surface area contributed by atoms with Gasteiger partial charge >= 0.3 is 5.97 Å². The van der Waals surface area contributed by atoms with Gasteiger partial charge in [0.25, 0.3) is 10.0 Å². The summed E-state index contributed by atoms with van der Waals surface area (Å²) in [4.78, 5) is 12.1. The average Bonchev–Trinajstić information content (AvgIpc) is 3.08. The van der Waals surface area contributed by atoms with Gasteiger partial charge in [0.1, 0.15) is 5.56 Å². The second-order valence-corrected chi connectivity index (χ2v) is 9.13. The Kier molecular flexibility index (Phi) is 5.91. The fraction of sp³-hybridized carbons (Fsp3) is 0.375. The maximum atomic E-state index is 13.0. The molecule has 26 heavy (non-hydrogen) atoms. The minimum Gasteiger partial charge on any atom is -0.465 e. The lowest BCUT2D eigenvalue weighted by molar-refractivity contribution is 0.0596. The quantitative estimate of drug-likeness (QED) is 0.695. The van der Waals surface area contributed by atoms with Gasteiger partial charge in [-0.25, -0.2) is 13.2 Å². The first-order valence-electron chi connectivity index (χ1n) is 7.90. The van der Waals surface area contributed by atoms with E-state index in [1.54, 1.807) is 23.9 Å². The second-order valence-electron chi connectivity index (χ2n) is 5.64. The lowest BCUT2D eigenvalue weighted by atomic mass is 10.2. The SMILES string of the molecule is COC(=O)c1cn(Cc2ccccc2Cl)nc1S(=O)(=O)N1CCSCC1. The first-order valence-corrected chi connectivity index (χ1v) is 10.9. The molecule has 140 valence electrons. The third-order valence-electron chi connectivity index (χ3n) is 3.98. The number of methoxy groups -OCH3 is 1. The van der Waals surface area contributed by atoms with Crippen LogP contribution in [0.3, 0.4) is 0 Å². The van der Waals surface area contributed by atoms with Crippen LogP contribution in [0.15, 0.2) is 35.5 Å². The third-order valence-corrected chi connectivity index (χ3v) is 7.12. The number of hydrogen-bond donors (Lipinski definition) is 0. The minimum atomic E-state index is -3.88. The van der Waals surface area contributed by atoms with Crippen molar-refractivity contribution in [2.24, 2.45) is 0 Å². The normalized spacial score (nSPS) is 15.8. The van der Waals surface area contributed by atoms with Gasteiger partial charge in [-0.2, -0.15) is 21.2 Å². The number of hydrogen-bond acceptors (Lipinski definition) is 6. The van der Waals surface area contributed by atoms with E-state index >= 15 is 0 Å². The summed E-state index contributed by atoms with van der Waals surface area (Å²) in [5.74, 6) is 0.695. The Morgan fingerprint density at radius 3 is 2.65 bits per heavy atom. The number of ether oxygens (including phenoxy) is 1. The van der Waals surface area contributed by atoms with Crippen LogP contribution in [-0.4, -0.2) is 60.2 Å². The predicted molar refractivity (Wildman–Crippen MR) is 100 cm³/mol. The fourth-order valence-corrected chi connectivity index (χ4v) is 5.50. The zero-order valence-corrected chi connectivity index (χ0v) is 16.5. The summed E-state index contributed by atoms with van der Waals surface area (Å²) in [6.45, 7) is 1.03. The maximum Gasteiger partial charge on any atom is 0.342 e. The number of aromatic nitrogens is 2. The molecule has 3 rings (SSSR count). The van der Waals surface area contributed by atoms with E-state index in [9.17, 15) is 13.2 Å². The van der Waals surface area contributed by atoms with Gasteiger partial charge in [-0.1, -0.05) is 29.8 Å². The van der Waals surface area contributed by atoms with Gasteiger partial charge < -0.3 is 4.74 Å². The molecule has 0 unspecified atom stereocenters. The summed E-state index contributed by atoms with van der Waals surface area (Å²) in [5.41, 5.74) is 0.698. The fourth-order valence-electron chi connectivity index (χ4n) is 2.64. The van der Waals surface area contributed by atoms with Crippen molar-refractivity contribution in [3.63, 3.8) is 0 Å². The van der Waals surface area contributed by atoms with Crippen LogP contribution < -0.4 is 0 Å². The molecule has 1 aromatic carbocycles. The molecule has 7 nitrogen and oxygen atoms in total. The molecular weight excluding hydrogens is 398 g/mol. The summed E-state index contributed by atoms with van der Waals surface area (Å²) in [6.07, 6.45) is 1.39. The molecule has 0 spiro atoms. The van der Waals surface area contributed by atoms with E-state index in [1.165, 1.54) is 22.3 Å². The van der Waals surface area contributed by atoms with Gasteiger partial charge in [0.15, 0.2) is 0 Å². The molecule has 0 radical (unpaired) electrons. The molecule has 2 heterocycles. The van der Waals surface area contributed by atoms with Gasteiger partial charge in [0, 0.05) is 35.8 Å². The topological polar surface area (TPSA) is 81.5 Å². The van der Waals surface area contributed by atoms with Crippen molar-refractivity contribution in [2.75, 3.05) is 31.7 Å². The molecule has 0 N–H and O–H groups in total. The number of carbonyl (C=O) groups is 1. The number of esters is 1. The number of carbonyl (C=O) groups excluding carboxylic acids is 1. The summed E-state index contributed by atoms with van der Waals surface area (Å²) in [7, 11) is -2.67. The summed E-state index contributed by atoms with van der Waals surface area (Å²) >= 11 is 7.86. The molecule has 2 aromatic rings. The lowest BCUT2D eigenvalue weighted by Gasteiger charge is -2.24. The summed E-state index contributed by atoms with van der Waals surface area (Å²) in [5, 5.41) is 4.45. The van der Waals surface area contributed by atoms with Crippen LogP contribution in [0.4, 0.5) is 0 Å². The Hall–Kier alpha value is -1.55. The Balaban J connectivity index is 1.99.